The van der Waals surface area contributed by atoms with E-state index < -0.39 is 6.17 Å². The van der Waals surface area contributed by atoms with Crippen LogP contribution in [0.2, 0.25) is 0 Å². The Morgan fingerprint density at radius 2 is 0.925 bits per heavy atom. The van der Waals surface area contributed by atoms with Crippen LogP contribution in [0.25, 0.3) is 66.1 Å². The molecule has 4 heteroatoms. The maximum absolute atomic E-state index is 6.48. The molecule has 9 aromatic rings. The fourth-order valence-electron chi connectivity index (χ4n) is 7.43. The number of fused-ring (bicyclic) bond motifs is 4. The molecule has 0 fully saturated rings. The van der Waals surface area contributed by atoms with Gasteiger partial charge in [0.1, 0.15) is 22.8 Å². The summed E-state index contributed by atoms with van der Waals surface area (Å²) in [6.07, 6.45) is -0.504. The summed E-state index contributed by atoms with van der Waals surface area (Å²) in [6, 6.07) is 65.8. The number of hydrogen-bond donors (Lipinski definition) is 1. The van der Waals surface area contributed by atoms with Crippen LogP contribution in [0, 0.1) is 0 Å². The lowest BCUT2D eigenvalue weighted by atomic mass is 9.97. The van der Waals surface area contributed by atoms with Crippen molar-refractivity contribution in [2.45, 2.75) is 6.17 Å². The minimum Gasteiger partial charge on any atom is -0.456 e. The Balaban J connectivity index is 1.11. The normalized spacial score (nSPS) is 14.2. The Morgan fingerprint density at radius 3 is 1.70 bits per heavy atom. The van der Waals surface area contributed by atoms with Gasteiger partial charge in [-0.1, -0.05) is 158 Å². The predicted octanol–water partition coefficient (Wildman–Crippen LogP) is 12.2. The average molecular weight is 680 g/mol. The molecular weight excluding hydrogens is 647 g/mol. The molecule has 0 saturated carbocycles. The maximum atomic E-state index is 6.48. The van der Waals surface area contributed by atoms with Gasteiger partial charge in [0.15, 0.2) is 6.17 Å². The SMILES string of the molecule is c1ccc(-c2ccc(C3=NC(c4cccc5oc6ccc(-c7cccc(-c8ccccc8)c7)cc6c45)N=C(c4ccc5ccccc5c4)N3)cc2)cc1. The van der Waals surface area contributed by atoms with Crippen molar-refractivity contribution in [1.82, 2.24) is 5.32 Å². The molecule has 1 aliphatic rings. The molecule has 1 unspecified atom stereocenters. The zero-order chi connectivity index (χ0) is 35.1. The number of nitrogens with one attached hydrogen (secondary N) is 1. The minimum atomic E-state index is -0.504. The zero-order valence-electron chi connectivity index (χ0n) is 28.8. The van der Waals surface area contributed by atoms with Crippen molar-refractivity contribution in [3.05, 3.63) is 205 Å². The minimum absolute atomic E-state index is 0.504. The van der Waals surface area contributed by atoms with Gasteiger partial charge in [0.2, 0.25) is 0 Å². The lowest BCUT2D eigenvalue weighted by Crippen LogP contribution is -2.36. The van der Waals surface area contributed by atoms with Gasteiger partial charge in [-0.2, -0.15) is 0 Å². The predicted molar refractivity (Wildman–Crippen MR) is 219 cm³/mol. The molecule has 53 heavy (non-hydrogen) atoms. The Hall–Kier alpha value is -7.04. The van der Waals surface area contributed by atoms with Crippen LogP contribution in [0.4, 0.5) is 0 Å². The van der Waals surface area contributed by atoms with Crippen molar-refractivity contribution < 1.29 is 4.42 Å². The Bertz CT molecular complexity index is 2850. The molecular formula is C49H33N3O. The van der Waals surface area contributed by atoms with E-state index in [1.807, 2.05) is 18.2 Å². The van der Waals surface area contributed by atoms with Crippen LogP contribution in [0.15, 0.2) is 202 Å². The number of rotatable bonds is 6. The lowest BCUT2D eigenvalue weighted by Gasteiger charge is -2.23. The second kappa shape index (κ2) is 12.9. The van der Waals surface area contributed by atoms with Gasteiger partial charge in [0.05, 0.1) is 0 Å². The number of aliphatic imine (C=N–C) groups is 2. The van der Waals surface area contributed by atoms with Crippen molar-refractivity contribution in [3.8, 4) is 33.4 Å². The van der Waals surface area contributed by atoms with Crippen LogP contribution in [0.5, 0.6) is 0 Å². The molecule has 1 aromatic heterocycles. The molecule has 1 N–H and O–H groups in total. The van der Waals surface area contributed by atoms with Gasteiger partial charge in [-0.15, -0.1) is 0 Å². The average Bonchev–Trinajstić information content (AvgIpc) is 3.62. The summed E-state index contributed by atoms with van der Waals surface area (Å²) in [6.45, 7) is 0. The summed E-state index contributed by atoms with van der Waals surface area (Å²) in [5.74, 6) is 1.55. The first-order valence-electron chi connectivity index (χ1n) is 17.9. The van der Waals surface area contributed by atoms with E-state index in [-0.39, 0.29) is 0 Å². The first-order chi connectivity index (χ1) is 26.2. The van der Waals surface area contributed by atoms with E-state index >= 15 is 0 Å². The van der Waals surface area contributed by atoms with Crippen LogP contribution < -0.4 is 5.32 Å². The van der Waals surface area contributed by atoms with Gasteiger partial charge in [-0.05, 0) is 74.5 Å². The van der Waals surface area contributed by atoms with E-state index in [4.69, 9.17) is 14.4 Å². The van der Waals surface area contributed by atoms with E-state index in [0.717, 1.165) is 72.4 Å². The fraction of sp³-hybridized carbons (Fsp3) is 0.0204. The highest BCUT2D eigenvalue weighted by Gasteiger charge is 2.24. The van der Waals surface area contributed by atoms with Crippen molar-refractivity contribution >= 4 is 44.4 Å². The third kappa shape index (κ3) is 5.77. The molecule has 0 spiro atoms. The van der Waals surface area contributed by atoms with Crippen LogP contribution in [0.3, 0.4) is 0 Å². The summed E-state index contributed by atoms with van der Waals surface area (Å²) in [4.78, 5) is 10.6. The van der Waals surface area contributed by atoms with Crippen LogP contribution in [0.1, 0.15) is 22.9 Å². The molecule has 0 aliphatic carbocycles. The standard InChI is InChI=1S/C49H33N3O/c1-3-11-32(12-4-1)35-21-24-36(25-22-35)47-50-48(41-26-23-34-15-7-8-16-37(34)30-41)52-49(51-47)42-19-10-20-45-46(42)43-31-40(27-28-44(43)53-45)39-18-9-17-38(29-39)33-13-5-2-6-14-33/h1-31,49H,(H,50,51,52). The van der Waals surface area contributed by atoms with Gasteiger partial charge in [0, 0.05) is 27.5 Å². The highest BCUT2D eigenvalue weighted by atomic mass is 16.3. The topological polar surface area (TPSA) is 49.9 Å². The maximum Gasteiger partial charge on any atom is 0.170 e. The van der Waals surface area contributed by atoms with Gasteiger partial charge < -0.3 is 9.73 Å². The Morgan fingerprint density at radius 1 is 0.377 bits per heavy atom. The van der Waals surface area contributed by atoms with Gasteiger partial charge in [-0.3, -0.25) is 0 Å². The largest absolute Gasteiger partial charge is 0.456 e. The molecule has 8 aromatic carbocycles. The molecule has 0 amide bonds. The van der Waals surface area contributed by atoms with E-state index in [9.17, 15) is 0 Å². The molecule has 250 valence electrons. The molecule has 2 heterocycles. The highest BCUT2D eigenvalue weighted by molar-refractivity contribution is 6.17. The lowest BCUT2D eigenvalue weighted by molar-refractivity contribution is 0.667. The van der Waals surface area contributed by atoms with E-state index in [1.165, 1.54) is 22.1 Å². The zero-order valence-corrected chi connectivity index (χ0v) is 28.8. The molecule has 0 saturated heterocycles. The van der Waals surface area contributed by atoms with Crippen LogP contribution in [-0.4, -0.2) is 11.7 Å². The summed E-state index contributed by atoms with van der Waals surface area (Å²) in [7, 11) is 0. The highest BCUT2D eigenvalue weighted by Crippen LogP contribution is 2.39. The molecule has 1 aliphatic heterocycles. The molecule has 10 rings (SSSR count). The number of amidine groups is 2. The summed E-state index contributed by atoms with van der Waals surface area (Å²) >= 11 is 0. The first kappa shape index (κ1) is 30.8. The van der Waals surface area contributed by atoms with E-state index in [0.29, 0.717) is 0 Å². The fourth-order valence-corrected chi connectivity index (χ4v) is 7.43. The van der Waals surface area contributed by atoms with Gasteiger partial charge in [0.25, 0.3) is 0 Å². The second-order valence-corrected chi connectivity index (χ2v) is 13.4. The number of benzene rings is 8. The summed E-state index contributed by atoms with van der Waals surface area (Å²) < 4.78 is 6.48. The van der Waals surface area contributed by atoms with E-state index in [2.05, 4.69) is 175 Å². The molecule has 4 nitrogen and oxygen atoms in total. The molecule has 0 bridgehead atoms. The third-order valence-corrected chi connectivity index (χ3v) is 10.1. The second-order valence-electron chi connectivity index (χ2n) is 13.4. The monoisotopic (exact) mass is 679 g/mol. The Labute approximate surface area is 307 Å². The first-order valence-corrected chi connectivity index (χ1v) is 17.9. The number of hydrogen-bond acceptors (Lipinski definition) is 4. The van der Waals surface area contributed by atoms with Crippen LogP contribution in [-0.2, 0) is 0 Å². The quantitative estimate of drug-likeness (QED) is 0.190. The van der Waals surface area contributed by atoms with Crippen molar-refractivity contribution in [2.75, 3.05) is 0 Å². The van der Waals surface area contributed by atoms with Crippen molar-refractivity contribution in [2.24, 2.45) is 9.98 Å². The molecule has 0 radical (unpaired) electrons. The smallest absolute Gasteiger partial charge is 0.170 e. The Kier molecular flexibility index (Phi) is 7.51. The molecule has 1 atom stereocenters. The van der Waals surface area contributed by atoms with Crippen molar-refractivity contribution in [1.29, 1.82) is 0 Å². The number of nitrogens with zero attached hydrogens (tertiary/aromatic N) is 2. The van der Waals surface area contributed by atoms with E-state index in [1.54, 1.807) is 0 Å². The van der Waals surface area contributed by atoms with Gasteiger partial charge in [-0.25, -0.2) is 9.98 Å². The van der Waals surface area contributed by atoms with Crippen molar-refractivity contribution in [3.63, 3.8) is 0 Å². The summed E-state index contributed by atoms with van der Waals surface area (Å²) in [5.41, 5.74) is 11.6. The van der Waals surface area contributed by atoms with Gasteiger partial charge >= 0.3 is 0 Å². The van der Waals surface area contributed by atoms with Crippen LogP contribution >= 0.6 is 0 Å². The number of furan rings is 1. The third-order valence-electron chi connectivity index (χ3n) is 10.1. The summed E-state index contributed by atoms with van der Waals surface area (Å²) in [5, 5.41) is 8.04.